The van der Waals surface area contributed by atoms with Crippen molar-refractivity contribution in [3.05, 3.63) is 45.7 Å². The number of nitrogens with one attached hydrogen (secondary N) is 1. The summed E-state index contributed by atoms with van der Waals surface area (Å²) in [4.78, 5) is 14.2. The lowest BCUT2D eigenvalue weighted by Crippen LogP contribution is -2.16. The third-order valence-corrected chi connectivity index (χ3v) is 3.56. The molecule has 1 aromatic carbocycles. The number of aromatic amines is 1. The molecule has 7 nitrogen and oxygen atoms in total. The summed E-state index contributed by atoms with van der Waals surface area (Å²) in [7, 11) is 0. The minimum absolute atomic E-state index is 0.0568. The quantitative estimate of drug-likeness (QED) is 0.778. The van der Waals surface area contributed by atoms with E-state index in [0.29, 0.717) is 24.3 Å². The maximum atomic E-state index is 11.9. The Morgan fingerprint density at radius 3 is 2.32 bits per heavy atom. The molecular formula is C18H15N5O2. The summed E-state index contributed by atoms with van der Waals surface area (Å²) in [6.45, 7) is 0.492. The number of hydrogen-bond acceptors (Lipinski definition) is 6. The highest BCUT2D eigenvalue weighted by Gasteiger charge is 2.17. The second kappa shape index (κ2) is 8.19. The van der Waals surface area contributed by atoms with Crippen LogP contribution in [-0.2, 0) is 0 Å². The van der Waals surface area contributed by atoms with E-state index in [-0.39, 0.29) is 22.5 Å². The van der Waals surface area contributed by atoms with Gasteiger partial charge < -0.3 is 15.5 Å². The van der Waals surface area contributed by atoms with E-state index in [1.807, 2.05) is 12.1 Å². The van der Waals surface area contributed by atoms with Crippen LogP contribution >= 0.6 is 0 Å². The van der Waals surface area contributed by atoms with E-state index in [0.717, 1.165) is 12.8 Å². The predicted molar refractivity (Wildman–Crippen MR) is 91.3 cm³/mol. The molecule has 25 heavy (non-hydrogen) atoms. The summed E-state index contributed by atoms with van der Waals surface area (Å²) in [6.07, 6.45) is 2.05. The van der Waals surface area contributed by atoms with Gasteiger partial charge in [-0.15, -0.1) is 0 Å². The Morgan fingerprint density at radius 1 is 1.04 bits per heavy atom. The first-order valence-electron chi connectivity index (χ1n) is 7.58. The van der Waals surface area contributed by atoms with Gasteiger partial charge in [0.25, 0.3) is 5.56 Å². The molecule has 0 atom stereocenters. The summed E-state index contributed by atoms with van der Waals surface area (Å²) in [5.41, 5.74) is 5.71. The average molecular weight is 333 g/mol. The molecule has 0 aliphatic rings. The maximum Gasteiger partial charge on any atom is 0.268 e. The third-order valence-electron chi connectivity index (χ3n) is 3.56. The summed E-state index contributed by atoms with van der Waals surface area (Å²) >= 11 is 0. The van der Waals surface area contributed by atoms with Gasteiger partial charge in [-0.1, -0.05) is 12.1 Å². The number of anilines is 1. The fourth-order valence-corrected chi connectivity index (χ4v) is 2.35. The van der Waals surface area contributed by atoms with Crippen LogP contribution in [-0.4, -0.2) is 11.6 Å². The minimum Gasteiger partial charge on any atom is -0.494 e. The van der Waals surface area contributed by atoms with Crippen molar-refractivity contribution in [2.24, 2.45) is 0 Å². The van der Waals surface area contributed by atoms with Crippen molar-refractivity contribution < 1.29 is 4.74 Å². The highest BCUT2D eigenvalue weighted by atomic mass is 16.5. The standard InChI is InChI=1S/C18H15N5O2/c19-8-2-1-3-9-25-13-6-4-12(5-7-13)16-14(10-20)17(22)23-18(24)15(16)11-21/h4-7H,1-3,9H2,(H3,22,23,24). The average Bonchev–Trinajstić information content (AvgIpc) is 2.61. The zero-order valence-electron chi connectivity index (χ0n) is 13.4. The van der Waals surface area contributed by atoms with Gasteiger partial charge in [-0.25, -0.2) is 0 Å². The van der Waals surface area contributed by atoms with Crippen LogP contribution in [0.2, 0.25) is 0 Å². The Kier molecular flexibility index (Phi) is 5.77. The second-order valence-electron chi connectivity index (χ2n) is 5.20. The number of rotatable bonds is 6. The number of nitrogens with two attached hydrogens (primary N) is 1. The smallest absolute Gasteiger partial charge is 0.268 e. The first-order chi connectivity index (χ1) is 12.1. The number of nitrogen functional groups attached to an aromatic ring is 1. The second-order valence-corrected chi connectivity index (χ2v) is 5.20. The summed E-state index contributed by atoms with van der Waals surface area (Å²) in [5, 5.41) is 27.0. The number of unbranched alkanes of at least 4 members (excludes halogenated alkanes) is 2. The Morgan fingerprint density at radius 2 is 1.72 bits per heavy atom. The molecule has 0 unspecified atom stereocenters. The summed E-state index contributed by atoms with van der Waals surface area (Å²) in [6, 6.07) is 12.6. The molecule has 124 valence electrons. The van der Waals surface area contributed by atoms with Crippen LogP contribution in [0.4, 0.5) is 5.82 Å². The zero-order valence-corrected chi connectivity index (χ0v) is 13.4. The summed E-state index contributed by atoms with van der Waals surface area (Å²) in [5.74, 6) is 0.551. The molecule has 0 saturated carbocycles. The highest BCUT2D eigenvalue weighted by molar-refractivity contribution is 5.80. The monoisotopic (exact) mass is 333 g/mol. The number of pyridine rings is 1. The zero-order chi connectivity index (χ0) is 18.2. The van der Waals surface area contributed by atoms with Gasteiger partial charge in [0.15, 0.2) is 0 Å². The Hall–Kier alpha value is -3.76. The lowest BCUT2D eigenvalue weighted by molar-refractivity contribution is 0.307. The molecule has 0 aliphatic carbocycles. The molecule has 2 rings (SSSR count). The SMILES string of the molecule is N#CCCCCOc1ccc(-c2c(C#N)c(N)[nH]c(=O)c2C#N)cc1. The Bertz CT molecular complexity index is 940. The topological polar surface area (TPSA) is 139 Å². The highest BCUT2D eigenvalue weighted by Crippen LogP contribution is 2.29. The molecule has 1 heterocycles. The number of hydrogen-bond donors (Lipinski definition) is 2. The van der Waals surface area contributed by atoms with Crippen molar-refractivity contribution in [2.75, 3.05) is 12.3 Å². The van der Waals surface area contributed by atoms with Crippen molar-refractivity contribution in [2.45, 2.75) is 19.3 Å². The molecule has 7 heteroatoms. The summed E-state index contributed by atoms with van der Waals surface area (Å²) < 4.78 is 5.57. The first kappa shape index (κ1) is 17.6. The number of nitrogens with zero attached hydrogens (tertiary/aromatic N) is 3. The van der Waals surface area contributed by atoms with E-state index in [1.54, 1.807) is 24.3 Å². The van der Waals surface area contributed by atoms with E-state index < -0.39 is 5.56 Å². The van der Waals surface area contributed by atoms with Crippen LogP contribution < -0.4 is 16.0 Å². The van der Waals surface area contributed by atoms with Crippen molar-refractivity contribution >= 4 is 5.82 Å². The van der Waals surface area contributed by atoms with Gasteiger partial charge in [-0.3, -0.25) is 4.79 Å². The molecule has 0 radical (unpaired) electrons. The van der Waals surface area contributed by atoms with Crippen molar-refractivity contribution in [3.63, 3.8) is 0 Å². The largest absolute Gasteiger partial charge is 0.494 e. The van der Waals surface area contributed by atoms with Gasteiger partial charge in [0.05, 0.1) is 12.7 Å². The van der Waals surface area contributed by atoms with Gasteiger partial charge in [0.1, 0.15) is 34.8 Å². The van der Waals surface area contributed by atoms with E-state index in [9.17, 15) is 15.3 Å². The van der Waals surface area contributed by atoms with Crippen molar-refractivity contribution in [1.82, 2.24) is 4.98 Å². The van der Waals surface area contributed by atoms with Crippen LogP contribution in [0, 0.1) is 34.0 Å². The van der Waals surface area contributed by atoms with Gasteiger partial charge in [0, 0.05) is 12.0 Å². The number of aromatic nitrogens is 1. The van der Waals surface area contributed by atoms with E-state index >= 15 is 0 Å². The fraction of sp³-hybridized carbons (Fsp3) is 0.222. The lowest BCUT2D eigenvalue weighted by Gasteiger charge is -2.10. The third kappa shape index (κ3) is 3.96. The molecule has 3 N–H and O–H groups in total. The van der Waals surface area contributed by atoms with Gasteiger partial charge in [-0.2, -0.15) is 15.8 Å². The molecule has 0 spiro atoms. The number of H-pyrrole nitrogens is 1. The molecule has 0 aliphatic heterocycles. The van der Waals surface area contributed by atoms with Crippen LogP contribution in [0.5, 0.6) is 5.75 Å². The maximum absolute atomic E-state index is 11.9. The van der Waals surface area contributed by atoms with Crippen LogP contribution in [0.3, 0.4) is 0 Å². The molecule has 0 bridgehead atoms. The number of ether oxygens (including phenoxy) is 1. The molecule has 1 aromatic heterocycles. The normalized spacial score (nSPS) is 9.64. The minimum atomic E-state index is -0.633. The van der Waals surface area contributed by atoms with Crippen molar-refractivity contribution in [1.29, 1.82) is 15.8 Å². The molecule has 0 amide bonds. The van der Waals surface area contributed by atoms with Crippen LogP contribution in [0.25, 0.3) is 11.1 Å². The van der Waals surface area contributed by atoms with Crippen LogP contribution in [0.1, 0.15) is 30.4 Å². The van der Waals surface area contributed by atoms with E-state index in [2.05, 4.69) is 11.1 Å². The Balaban J connectivity index is 2.29. The fourth-order valence-electron chi connectivity index (χ4n) is 2.35. The predicted octanol–water partition coefficient (Wildman–Crippen LogP) is 2.44. The Labute approximate surface area is 144 Å². The van der Waals surface area contributed by atoms with Crippen LogP contribution in [0.15, 0.2) is 29.1 Å². The number of benzene rings is 1. The van der Waals surface area contributed by atoms with Gasteiger partial charge in [-0.05, 0) is 30.5 Å². The van der Waals surface area contributed by atoms with Gasteiger partial charge >= 0.3 is 0 Å². The molecule has 2 aromatic rings. The molecule has 0 fully saturated rings. The van der Waals surface area contributed by atoms with Gasteiger partial charge in [0.2, 0.25) is 0 Å². The number of nitriles is 3. The molecular weight excluding hydrogens is 318 g/mol. The van der Waals surface area contributed by atoms with E-state index in [4.69, 9.17) is 15.7 Å². The lowest BCUT2D eigenvalue weighted by atomic mass is 9.96. The molecule has 0 saturated heterocycles. The van der Waals surface area contributed by atoms with E-state index in [1.165, 1.54) is 0 Å². The first-order valence-corrected chi connectivity index (χ1v) is 7.58. The van der Waals surface area contributed by atoms with Crippen molar-refractivity contribution in [3.8, 4) is 35.1 Å².